The van der Waals surface area contributed by atoms with Crippen LogP contribution in [0.5, 0.6) is 5.75 Å². The molecule has 112 valence electrons. The minimum Gasteiger partial charge on any atom is -0.494 e. The van der Waals surface area contributed by atoms with E-state index in [-0.39, 0.29) is 44.4 Å². The molecule has 20 heavy (non-hydrogen) atoms. The third-order valence-corrected chi connectivity index (χ3v) is 2.71. The molecule has 0 saturated carbocycles. The number of carbonyl (C=O) groups excluding carboxylic acids is 1. The zero-order chi connectivity index (χ0) is 14.8. The van der Waals surface area contributed by atoms with Crippen LogP contribution in [-0.2, 0) is 4.79 Å². The Morgan fingerprint density at radius 1 is 1.15 bits per heavy atom. The maximum atomic E-state index is 12.7. The molecule has 6 heteroatoms. The summed E-state index contributed by atoms with van der Waals surface area (Å²) in [7, 11) is 0. The summed E-state index contributed by atoms with van der Waals surface area (Å²) in [4.78, 5) is 13.2. The second-order valence-corrected chi connectivity index (χ2v) is 4.23. The van der Waals surface area contributed by atoms with Gasteiger partial charge in [-0.2, -0.15) is 0 Å². The van der Waals surface area contributed by atoms with Gasteiger partial charge in [0.05, 0.1) is 19.8 Å². The number of rotatable bonds is 9. The number of nitrogens with zero attached hydrogens (tertiary/aromatic N) is 1. The molecular formula is C14H20FNO4. The summed E-state index contributed by atoms with van der Waals surface area (Å²) in [5.74, 6) is 0.105. The van der Waals surface area contributed by atoms with Gasteiger partial charge in [-0.15, -0.1) is 0 Å². The molecule has 0 aromatic heterocycles. The molecule has 0 fully saturated rings. The average molecular weight is 285 g/mol. The van der Waals surface area contributed by atoms with Crippen molar-refractivity contribution in [3.63, 3.8) is 0 Å². The molecule has 1 aromatic carbocycles. The maximum Gasteiger partial charge on any atom is 0.222 e. The van der Waals surface area contributed by atoms with Gasteiger partial charge in [0.25, 0.3) is 0 Å². The molecule has 0 bridgehead atoms. The highest BCUT2D eigenvalue weighted by molar-refractivity contribution is 5.76. The Hall–Kier alpha value is -1.66. The van der Waals surface area contributed by atoms with Crippen molar-refractivity contribution in [3.05, 3.63) is 30.1 Å². The van der Waals surface area contributed by atoms with Crippen LogP contribution in [0.4, 0.5) is 4.39 Å². The van der Waals surface area contributed by atoms with Crippen LogP contribution in [0, 0.1) is 5.82 Å². The Morgan fingerprint density at radius 2 is 1.75 bits per heavy atom. The standard InChI is InChI=1S/C14H20FNO4/c15-12-3-5-13(6-4-12)20-11-1-2-14(19)16(7-9-17)8-10-18/h3-6,17-18H,1-2,7-11H2. The fraction of sp³-hybridized carbons (Fsp3) is 0.500. The summed E-state index contributed by atoms with van der Waals surface area (Å²) < 4.78 is 18.0. The molecule has 1 aromatic rings. The van der Waals surface area contributed by atoms with E-state index in [0.29, 0.717) is 18.8 Å². The summed E-state index contributed by atoms with van der Waals surface area (Å²) >= 11 is 0. The van der Waals surface area contributed by atoms with Crippen LogP contribution in [-0.4, -0.2) is 53.9 Å². The van der Waals surface area contributed by atoms with E-state index in [1.165, 1.54) is 29.2 Å². The predicted octanol–water partition coefficient (Wildman–Crippen LogP) is 0.798. The normalized spacial score (nSPS) is 10.3. The molecule has 0 atom stereocenters. The minimum absolute atomic E-state index is 0.127. The summed E-state index contributed by atoms with van der Waals surface area (Å²) in [5, 5.41) is 17.6. The molecule has 0 aliphatic rings. The minimum atomic E-state index is -0.323. The number of halogens is 1. The molecule has 0 aliphatic heterocycles. The molecule has 0 unspecified atom stereocenters. The van der Waals surface area contributed by atoms with E-state index in [1.807, 2.05) is 0 Å². The van der Waals surface area contributed by atoms with E-state index in [1.54, 1.807) is 0 Å². The SMILES string of the molecule is O=C(CCCOc1ccc(F)cc1)N(CCO)CCO. The molecule has 0 spiro atoms. The van der Waals surface area contributed by atoms with Crippen LogP contribution >= 0.6 is 0 Å². The summed E-state index contributed by atoms with van der Waals surface area (Å²) in [6.07, 6.45) is 0.796. The average Bonchev–Trinajstić information content (AvgIpc) is 2.45. The molecule has 1 rings (SSSR count). The van der Waals surface area contributed by atoms with Crippen molar-refractivity contribution in [1.29, 1.82) is 0 Å². The molecule has 1 amide bonds. The maximum absolute atomic E-state index is 12.7. The Bertz CT molecular complexity index is 391. The van der Waals surface area contributed by atoms with Crippen molar-refractivity contribution < 1.29 is 24.1 Å². The number of amides is 1. The van der Waals surface area contributed by atoms with E-state index < -0.39 is 0 Å². The Kier molecular flexibility index (Phi) is 7.60. The second kappa shape index (κ2) is 9.28. The quantitative estimate of drug-likeness (QED) is 0.658. The van der Waals surface area contributed by atoms with Gasteiger partial charge in [-0.25, -0.2) is 4.39 Å². The zero-order valence-corrected chi connectivity index (χ0v) is 11.3. The molecule has 0 heterocycles. The Balaban J connectivity index is 2.25. The van der Waals surface area contributed by atoms with Gasteiger partial charge < -0.3 is 19.8 Å². The molecule has 0 radical (unpaired) electrons. The smallest absolute Gasteiger partial charge is 0.222 e. The van der Waals surface area contributed by atoms with E-state index in [9.17, 15) is 9.18 Å². The van der Waals surface area contributed by atoms with E-state index >= 15 is 0 Å². The lowest BCUT2D eigenvalue weighted by Crippen LogP contribution is -2.35. The number of hydrogen-bond donors (Lipinski definition) is 2. The number of ether oxygens (including phenoxy) is 1. The first kappa shape index (κ1) is 16.4. The highest BCUT2D eigenvalue weighted by Crippen LogP contribution is 2.11. The van der Waals surface area contributed by atoms with Gasteiger partial charge in [0, 0.05) is 19.5 Å². The van der Waals surface area contributed by atoms with E-state index in [4.69, 9.17) is 14.9 Å². The lowest BCUT2D eigenvalue weighted by Gasteiger charge is -2.20. The molecule has 2 N–H and O–H groups in total. The first-order valence-electron chi connectivity index (χ1n) is 6.55. The second-order valence-electron chi connectivity index (χ2n) is 4.23. The third kappa shape index (κ3) is 5.99. The number of aliphatic hydroxyl groups excluding tert-OH is 2. The van der Waals surface area contributed by atoms with Crippen molar-refractivity contribution in [3.8, 4) is 5.75 Å². The van der Waals surface area contributed by atoms with Gasteiger partial charge in [0.2, 0.25) is 5.91 Å². The highest BCUT2D eigenvalue weighted by atomic mass is 19.1. The molecule has 0 saturated heterocycles. The molecular weight excluding hydrogens is 265 g/mol. The van der Waals surface area contributed by atoms with Crippen LogP contribution in [0.3, 0.4) is 0 Å². The monoisotopic (exact) mass is 285 g/mol. The van der Waals surface area contributed by atoms with Crippen LogP contribution < -0.4 is 4.74 Å². The largest absolute Gasteiger partial charge is 0.494 e. The highest BCUT2D eigenvalue weighted by Gasteiger charge is 2.11. The topological polar surface area (TPSA) is 70.0 Å². The molecule has 0 aliphatic carbocycles. The van der Waals surface area contributed by atoms with Gasteiger partial charge >= 0.3 is 0 Å². The Morgan fingerprint density at radius 3 is 2.30 bits per heavy atom. The first-order chi connectivity index (χ1) is 9.67. The van der Waals surface area contributed by atoms with Crippen molar-refractivity contribution in [2.24, 2.45) is 0 Å². The van der Waals surface area contributed by atoms with Gasteiger partial charge in [-0.05, 0) is 30.7 Å². The van der Waals surface area contributed by atoms with Gasteiger partial charge in [0.15, 0.2) is 0 Å². The third-order valence-electron chi connectivity index (χ3n) is 2.71. The van der Waals surface area contributed by atoms with Crippen molar-refractivity contribution >= 4 is 5.91 Å². The summed E-state index contributed by atoms with van der Waals surface area (Å²) in [6.45, 7) is 0.537. The fourth-order valence-electron chi connectivity index (χ4n) is 1.70. The van der Waals surface area contributed by atoms with Gasteiger partial charge in [0.1, 0.15) is 11.6 Å². The lowest BCUT2D eigenvalue weighted by atomic mass is 10.2. The fourth-order valence-corrected chi connectivity index (χ4v) is 1.70. The van der Waals surface area contributed by atoms with Crippen LogP contribution in [0.2, 0.25) is 0 Å². The van der Waals surface area contributed by atoms with E-state index in [2.05, 4.69) is 0 Å². The lowest BCUT2D eigenvalue weighted by molar-refractivity contribution is -0.132. The number of benzene rings is 1. The van der Waals surface area contributed by atoms with Crippen LogP contribution in [0.25, 0.3) is 0 Å². The molecule has 5 nitrogen and oxygen atoms in total. The number of hydrogen-bond acceptors (Lipinski definition) is 4. The van der Waals surface area contributed by atoms with Gasteiger partial charge in [-0.3, -0.25) is 4.79 Å². The van der Waals surface area contributed by atoms with Crippen LogP contribution in [0.15, 0.2) is 24.3 Å². The Labute approximate surface area is 117 Å². The summed E-state index contributed by atoms with van der Waals surface area (Å²) in [5.41, 5.74) is 0. The van der Waals surface area contributed by atoms with Crippen molar-refractivity contribution in [1.82, 2.24) is 4.90 Å². The number of carbonyl (C=O) groups is 1. The first-order valence-corrected chi connectivity index (χ1v) is 6.55. The zero-order valence-electron chi connectivity index (χ0n) is 11.3. The van der Waals surface area contributed by atoms with Gasteiger partial charge in [-0.1, -0.05) is 0 Å². The van der Waals surface area contributed by atoms with Crippen molar-refractivity contribution in [2.45, 2.75) is 12.8 Å². The number of aliphatic hydroxyl groups is 2. The van der Waals surface area contributed by atoms with Crippen molar-refractivity contribution in [2.75, 3.05) is 32.9 Å². The summed E-state index contributed by atoms with van der Waals surface area (Å²) in [6, 6.07) is 5.68. The van der Waals surface area contributed by atoms with Crippen LogP contribution in [0.1, 0.15) is 12.8 Å². The predicted molar refractivity (Wildman–Crippen MR) is 71.9 cm³/mol. The van der Waals surface area contributed by atoms with E-state index in [0.717, 1.165) is 0 Å².